The van der Waals surface area contributed by atoms with Crippen LogP contribution in [0.1, 0.15) is 95.0 Å². The van der Waals surface area contributed by atoms with Crippen LogP contribution in [-0.2, 0) is 12.8 Å². The largest absolute Gasteiger partial charge is 0.497 e. The summed E-state index contributed by atoms with van der Waals surface area (Å²) in [7, 11) is 1.67. The summed E-state index contributed by atoms with van der Waals surface area (Å²) < 4.78 is 33.5. The molecule has 1 aliphatic carbocycles. The maximum atomic E-state index is 14.1. The minimum atomic E-state index is -0.650. The maximum absolute atomic E-state index is 14.1. The number of carbonyl (C=O) groups is 2. The predicted octanol–water partition coefficient (Wildman–Crippen LogP) is 6.94. The molecule has 0 fully saturated rings. The molecule has 3 aromatic rings. The van der Waals surface area contributed by atoms with Crippen molar-refractivity contribution in [3.05, 3.63) is 99.6 Å². The van der Waals surface area contributed by atoms with E-state index < -0.39 is 17.7 Å². The molecular formula is C36H45F2N3O3. The highest BCUT2D eigenvalue weighted by Gasteiger charge is 2.23. The van der Waals surface area contributed by atoms with Crippen LogP contribution < -0.4 is 15.4 Å². The van der Waals surface area contributed by atoms with Crippen LogP contribution in [-0.4, -0.2) is 49.5 Å². The van der Waals surface area contributed by atoms with E-state index >= 15 is 0 Å². The number of fused-ring (bicyclic) bond motifs is 1. The van der Waals surface area contributed by atoms with Crippen molar-refractivity contribution in [1.29, 1.82) is 0 Å². The summed E-state index contributed by atoms with van der Waals surface area (Å²) in [5, 5.41) is 6.75. The van der Waals surface area contributed by atoms with Crippen molar-refractivity contribution in [2.24, 2.45) is 0 Å². The van der Waals surface area contributed by atoms with Crippen LogP contribution in [0, 0.1) is 18.6 Å². The fourth-order valence-corrected chi connectivity index (χ4v) is 6.14. The third-order valence-electron chi connectivity index (χ3n) is 8.15. The van der Waals surface area contributed by atoms with E-state index in [0.717, 1.165) is 49.5 Å². The second-order valence-corrected chi connectivity index (χ2v) is 11.8. The van der Waals surface area contributed by atoms with Gasteiger partial charge < -0.3 is 20.3 Å². The van der Waals surface area contributed by atoms with Crippen LogP contribution in [0.4, 0.5) is 8.78 Å². The lowest BCUT2D eigenvalue weighted by Gasteiger charge is -2.28. The van der Waals surface area contributed by atoms with Gasteiger partial charge in [-0.2, -0.15) is 0 Å². The molecule has 1 aliphatic rings. The van der Waals surface area contributed by atoms with E-state index in [9.17, 15) is 18.4 Å². The molecule has 6 nitrogen and oxygen atoms in total. The molecule has 2 atom stereocenters. The molecule has 0 bridgehead atoms. The number of nitrogens with zero attached hydrogens (tertiary/aromatic N) is 1. The molecule has 0 saturated carbocycles. The number of halogens is 2. The average Bonchev–Trinajstić information content (AvgIpc) is 2.99. The number of ether oxygens (including phenoxy) is 1. The van der Waals surface area contributed by atoms with E-state index in [0.29, 0.717) is 42.7 Å². The molecule has 2 amide bonds. The summed E-state index contributed by atoms with van der Waals surface area (Å²) in [4.78, 5) is 28.7. The highest BCUT2D eigenvalue weighted by atomic mass is 19.1. The van der Waals surface area contributed by atoms with Gasteiger partial charge in [0.05, 0.1) is 7.11 Å². The van der Waals surface area contributed by atoms with E-state index in [-0.39, 0.29) is 24.3 Å². The number of hydrogen-bond acceptors (Lipinski definition) is 4. The molecule has 3 aromatic carbocycles. The highest BCUT2D eigenvalue weighted by molar-refractivity contribution is 6.00. The molecule has 236 valence electrons. The van der Waals surface area contributed by atoms with Crippen molar-refractivity contribution in [3.8, 4) is 5.75 Å². The Kier molecular flexibility index (Phi) is 11.9. The number of benzene rings is 3. The highest BCUT2D eigenvalue weighted by Crippen LogP contribution is 2.32. The summed E-state index contributed by atoms with van der Waals surface area (Å²) in [6.07, 6.45) is 5.57. The molecule has 4 rings (SSSR count). The molecule has 0 unspecified atom stereocenters. The van der Waals surface area contributed by atoms with Crippen LogP contribution in [0.25, 0.3) is 0 Å². The van der Waals surface area contributed by atoms with Crippen molar-refractivity contribution < 1.29 is 23.1 Å². The lowest BCUT2D eigenvalue weighted by Crippen LogP contribution is -2.39. The van der Waals surface area contributed by atoms with Crippen LogP contribution in [0.2, 0.25) is 0 Å². The number of rotatable bonds is 14. The molecule has 2 N–H and O–H groups in total. The molecule has 0 aromatic heterocycles. The molecule has 0 heterocycles. The summed E-state index contributed by atoms with van der Waals surface area (Å²) >= 11 is 0. The quantitative estimate of drug-likeness (QED) is 0.209. The fourth-order valence-electron chi connectivity index (χ4n) is 6.14. The molecular weight excluding hydrogens is 560 g/mol. The summed E-state index contributed by atoms with van der Waals surface area (Å²) in [5.41, 5.74) is 4.68. The Bertz CT molecular complexity index is 1420. The third kappa shape index (κ3) is 8.88. The number of aryl methyl sites for hydroxylation is 2. The molecule has 0 aliphatic heterocycles. The van der Waals surface area contributed by atoms with Crippen LogP contribution >= 0.6 is 0 Å². The Morgan fingerprint density at radius 2 is 1.68 bits per heavy atom. The Labute approximate surface area is 260 Å². The Morgan fingerprint density at radius 3 is 2.36 bits per heavy atom. The maximum Gasteiger partial charge on any atom is 0.253 e. The van der Waals surface area contributed by atoms with Gasteiger partial charge >= 0.3 is 0 Å². The summed E-state index contributed by atoms with van der Waals surface area (Å²) in [5.74, 6) is -0.866. The van der Waals surface area contributed by atoms with E-state index in [1.54, 1.807) is 19.2 Å². The lowest BCUT2D eigenvalue weighted by atomic mass is 9.87. The second-order valence-electron chi connectivity index (χ2n) is 11.8. The van der Waals surface area contributed by atoms with Crippen molar-refractivity contribution in [3.63, 3.8) is 0 Å². The first-order chi connectivity index (χ1) is 21.2. The van der Waals surface area contributed by atoms with Gasteiger partial charge in [-0.3, -0.25) is 9.59 Å². The normalized spacial score (nSPS) is 14.9. The standard InChI is InChI=1S/C36H45F2N3O3/c1-5-14-41(15-6-2)36(43)28-17-24(3)16-27(21-28)35(42)40-31(20-25-18-29(37)23-30(38)19-25)12-13-39-34-9-7-8-26-22-32(44-4)10-11-33(26)34/h10-11,16-19,21-23,31,34,39H,5-9,12-15,20H2,1-4H3,(H,40,42)/t31-,34-/m1/s1. The van der Waals surface area contributed by atoms with E-state index in [1.807, 2.05) is 37.8 Å². The third-order valence-corrected chi connectivity index (χ3v) is 8.15. The topological polar surface area (TPSA) is 70.7 Å². The summed E-state index contributed by atoms with van der Waals surface area (Å²) in [6, 6.07) is 14.6. The van der Waals surface area contributed by atoms with Gasteiger partial charge in [0.15, 0.2) is 0 Å². The first kappa shape index (κ1) is 33.1. The van der Waals surface area contributed by atoms with Gasteiger partial charge in [0.25, 0.3) is 11.8 Å². The van der Waals surface area contributed by atoms with Crippen molar-refractivity contribution in [2.45, 2.75) is 77.8 Å². The Morgan fingerprint density at radius 1 is 0.977 bits per heavy atom. The van der Waals surface area contributed by atoms with E-state index in [4.69, 9.17) is 4.74 Å². The van der Waals surface area contributed by atoms with Gasteiger partial charge in [-0.1, -0.05) is 19.9 Å². The predicted molar refractivity (Wildman–Crippen MR) is 170 cm³/mol. The first-order valence-electron chi connectivity index (χ1n) is 15.8. The Balaban J connectivity index is 1.51. The molecule has 0 saturated heterocycles. The van der Waals surface area contributed by atoms with Crippen LogP contribution in [0.15, 0.2) is 54.6 Å². The van der Waals surface area contributed by atoms with Gasteiger partial charge in [-0.15, -0.1) is 0 Å². The van der Waals surface area contributed by atoms with Crippen molar-refractivity contribution in [1.82, 2.24) is 15.5 Å². The monoisotopic (exact) mass is 605 g/mol. The van der Waals surface area contributed by atoms with E-state index in [1.165, 1.54) is 23.3 Å². The number of nitrogens with one attached hydrogen (secondary N) is 2. The summed E-state index contributed by atoms with van der Waals surface area (Å²) in [6.45, 7) is 7.84. The molecule has 8 heteroatoms. The second kappa shape index (κ2) is 15.8. The van der Waals surface area contributed by atoms with Crippen LogP contribution in [0.3, 0.4) is 0 Å². The van der Waals surface area contributed by atoms with E-state index in [2.05, 4.69) is 22.8 Å². The molecule has 44 heavy (non-hydrogen) atoms. The van der Waals surface area contributed by atoms with Gasteiger partial charge in [-0.25, -0.2) is 8.78 Å². The number of carbonyl (C=O) groups excluding carboxylic acids is 2. The van der Waals surface area contributed by atoms with Crippen molar-refractivity contribution >= 4 is 11.8 Å². The first-order valence-corrected chi connectivity index (χ1v) is 15.8. The number of amides is 2. The van der Waals surface area contributed by atoms with Gasteiger partial charge in [-0.05, 0) is 123 Å². The molecule has 0 spiro atoms. The minimum absolute atomic E-state index is 0.0900. The lowest BCUT2D eigenvalue weighted by molar-refractivity contribution is 0.0755. The van der Waals surface area contributed by atoms with Gasteiger partial charge in [0, 0.05) is 42.4 Å². The fraction of sp³-hybridized carbons (Fsp3) is 0.444. The number of hydrogen-bond donors (Lipinski definition) is 2. The minimum Gasteiger partial charge on any atom is -0.497 e. The smallest absolute Gasteiger partial charge is 0.253 e. The average molecular weight is 606 g/mol. The van der Waals surface area contributed by atoms with Gasteiger partial charge in [0.2, 0.25) is 0 Å². The Hall–Kier alpha value is -3.78. The zero-order valence-electron chi connectivity index (χ0n) is 26.3. The zero-order chi connectivity index (χ0) is 31.6. The van der Waals surface area contributed by atoms with Crippen LogP contribution in [0.5, 0.6) is 5.75 Å². The SMILES string of the molecule is CCCN(CCC)C(=O)c1cc(C)cc(C(=O)N[C@H](CCN[C@@H]2CCCc3cc(OC)ccc32)Cc2cc(F)cc(F)c2)c1. The van der Waals surface area contributed by atoms with Crippen molar-refractivity contribution in [2.75, 3.05) is 26.7 Å². The molecule has 0 radical (unpaired) electrons. The van der Waals surface area contributed by atoms with Gasteiger partial charge in [0.1, 0.15) is 17.4 Å². The zero-order valence-corrected chi connectivity index (χ0v) is 26.3. The number of methoxy groups -OCH3 is 1.